The Kier molecular flexibility index (Phi) is 5.74. The van der Waals surface area contributed by atoms with Crippen molar-refractivity contribution in [2.24, 2.45) is 0 Å². The van der Waals surface area contributed by atoms with Crippen LogP contribution in [0.5, 0.6) is 0 Å². The zero-order chi connectivity index (χ0) is 16.1. The third-order valence-corrected chi connectivity index (χ3v) is 4.00. The summed E-state index contributed by atoms with van der Waals surface area (Å²) in [6.07, 6.45) is 0.434. The lowest BCUT2D eigenvalue weighted by molar-refractivity contribution is -0.132. The van der Waals surface area contributed by atoms with Crippen LogP contribution in [0.4, 0.5) is 4.39 Å². The summed E-state index contributed by atoms with van der Waals surface area (Å²) >= 11 is 5.92. The maximum absolute atomic E-state index is 13.8. The zero-order valence-corrected chi connectivity index (χ0v) is 13.2. The van der Waals surface area contributed by atoms with Gasteiger partial charge < -0.3 is 15.1 Å². The molecule has 2 amide bonds. The van der Waals surface area contributed by atoms with Crippen LogP contribution in [-0.2, 0) is 4.79 Å². The predicted octanol–water partition coefficient (Wildman–Crippen LogP) is 1.37. The number of nitrogens with one attached hydrogen (secondary N) is 1. The second-order valence-electron chi connectivity index (χ2n) is 5.12. The van der Waals surface area contributed by atoms with Crippen LogP contribution >= 0.6 is 11.6 Å². The molecular formula is C15H19ClFN3O2. The zero-order valence-electron chi connectivity index (χ0n) is 12.4. The Morgan fingerprint density at radius 3 is 2.45 bits per heavy atom. The van der Waals surface area contributed by atoms with Crippen LogP contribution in [0.3, 0.4) is 0 Å². The fourth-order valence-corrected chi connectivity index (χ4v) is 2.65. The molecule has 0 saturated carbocycles. The number of carbonyl (C=O) groups is 2. The first kappa shape index (κ1) is 16.7. The number of benzene rings is 1. The minimum atomic E-state index is -0.620. The molecule has 0 aliphatic carbocycles. The molecule has 1 heterocycles. The van der Waals surface area contributed by atoms with Gasteiger partial charge in [-0.1, -0.05) is 17.7 Å². The number of carbonyl (C=O) groups excluding carboxylic acids is 2. The van der Waals surface area contributed by atoms with Crippen LogP contribution in [0, 0.1) is 5.82 Å². The summed E-state index contributed by atoms with van der Waals surface area (Å²) in [5.41, 5.74) is -0.0980. The van der Waals surface area contributed by atoms with Crippen LogP contribution in [0.1, 0.15) is 16.8 Å². The summed E-state index contributed by atoms with van der Waals surface area (Å²) in [6, 6.07) is 4.18. The molecule has 1 N–H and O–H groups in total. The highest BCUT2D eigenvalue weighted by Gasteiger charge is 2.27. The Morgan fingerprint density at radius 2 is 1.86 bits per heavy atom. The number of piperazine rings is 1. The maximum atomic E-state index is 13.8. The lowest BCUT2D eigenvalue weighted by Gasteiger charge is -2.35. The van der Waals surface area contributed by atoms with Crippen molar-refractivity contribution in [1.29, 1.82) is 0 Å². The number of nitrogens with zero attached hydrogens (tertiary/aromatic N) is 2. The minimum absolute atomic E-state index is 0.0605. The Labute approximate surface area is 134 Å². The van der Waals surface area contributed by atoms with E-state index in [-0.39, 0.29) is 16.5 Å². The van der Waals surface area contributed by atoms with E-state index < -0.39 is 11.7 Å². The van der Waals surface area contributed by atoms with E-state index in [9.17, 15) is 14.0 Å². The Bertz CT molecular complexity index is 539. The lowest BCUT2D eigenvalue weighted by atomic mass is 10.1. The summed E-state index contributed by atoms with van der Waals surface area (Å²) in [5, 5.41) is 3.04. The molecule has 1 saturated heterocycles. The average Bonchev–Trinajstić information content (AvgIpc) is 2.52. The van der Waals surface area contributed by atoms with E-state index in [2.05, 4.69) is 5.32 Å². The molecule has 1 fully saturated rings. The third-order valence-electron chi connectivity index (χ3n) is 3.69. The number of rotatable bonds is 4. The second-order valence-corrected chi connectivity index (χ2v) is 5.53. The van der Waals surface area contributed by atoms with Gasteiger partial charge in [0.25, 0.3) is 5.91 Å². The standard InChI is InChI=1S/C15H19ClFN3O2/c1-18-6-5-13(21)19-7-9-20(10-8-19)15(22)14-11(16)3-2-4-12(14)17/h2-4,18H,5-10H2,1H3. The van der Waals surface area contributed by atoms with E-state index in [1.165, 1.54) is 23.1 Å². The van der Waals surface area contributed by atoms with E-state index in [0.29, 0.717) is 39.1 Å². The average molecular weight is 328 g/mol. The van der Waals surface area contributed by atoms with Gasteiger partial charge in [-0.2, -0.15) is 0 Å². The van der Waals surface area contributed by atoms with Crippen molar-refractivity contribution in [3.63, 3.8) is 0 Å². The van der Waals surface area contributed by atoms with Crippen molar-refractivity contribution in [3.8, 4) is 0 Å². The molecule has 0 spiro atoms. The van der Waals surface area contributed by atoms with Gasteiger partial charge in [-0.05, 0) is 19.2 Å². The highest BCUT2D eigenvalue weighted by molar-refractivity contribution is 6.33. The van der Waals surface area contributed by atoms with Crippen LogP contribution in [0.2, 0.25) is 5.02 Å². The van der Waals surface area contributed by atoms with Crippen molar-refractivity contribution < 1.29 is 14.0 Å². The SMILES string of the molecule is CNCCC(=O)N1CCN(C(=O)c2c(F)cccc2Cl)CC1. The van der Waals surface area contributed by atoms with Gasteiger partial charge in [-0.25, -0.2) is 4.39 Å². The fraction of sp³-hybridized carbons (Fsp3) is 0.467. The molecule has 22 heavy (non-hydrogen) atoms. The monoisotopic (exact) mass is 327 g/mol. The molecule has 1 aliphatic heterocycles. The van der Waals surface area contributed by atoms with Crippen molar-refractivity contribution in [1.82, 2.24) is 15.1 Å². The lowest BCUT2D eigenvalue weighted by Crippen LogP contribution is -2.51. The molecule has 1 aromatic carbocycles. The maximum Gasteiger partial charge on any atom is 0.258 e. The largest absolute Gasteiger partial charge is 0.339 e. The summed E-state index contributed by atoms with van der Waals surface area (Å²) in [7, 11) is 1.79. The molecule has 0 radical (unpaired) electrons. The molecule has 7 heteroatoms. The van der Waals surface area contributed by atoms with Gasteiger partial charge >= 0.3 is 0 Å². The molecule has 0 atom stereocenters. The Balaban J connectivity index is 1.97. The number of hydrogen-bond acceptors (Lipinski definition) is 3. The van der Waals surface area contributed by atoms with E-state index in [4.69, 9.17) is 11.6 Å². The molecular weight excluding hydrogens is 309 g/mol. The van der Waals surface area contributed by atoms with Gasteiger partial charge in [0.15, 0.2) is 0 Å². The van der Waals surface area contributed by atoms with Gasteiger partial charge in [-0.3, -0.25) is 9.59 Å². The molecule has 120 valence electrons. The fourth-order valence-electron chi connectivity index (χ4n) is 2.41. The molecule has 2 rings (SSSR count). The molecule has 0 bridgehead atoms. The summed E-state index contributed by atoms with van der Waals surface area (Å²) in [5.74, 6) is -0.985. The van der Waals surface area contributed by atoms with Crippen LogP contribution in [0.25, 0.3) is 0 Å². The minimum Gasteiger partial charge on any atom is -0.339 e. The molecule has 5 nitrogen and oxygen atoms in total. The van der Waals surface area contributed by atoms with Crippen molar-refractivity contribution in [3.05, 3.63) is 34.6 Å². The predicted molar refractivity (Wildman–Crippen MR) is 82.4 cm³/mol. The molecule has 1 aliphatic rings. The van der Waals surface area contributed by atoms with Gasteiger partial charge in [-0.15, -0.1) is 0 Å². The quantitative estimate of drug-likeness (QED) is 0.909. The Hall–Kier alpha value is -1.66. The first-order valence-electron chi connectivity index (χ1n) is 7.20. The number of hydrogen-bond donors (Lipinski definition) is 1. The van der Waals surface area contributed by atoms with E-state index in [1.54, 1.807) is 11.9 Å². The molecule has 0 unspecified atom stereocenters. The summed E-state index contributed by atoms with van der Waals surface area (Å²) in [4.78, 5) is 27.6. The van der Waals surface area contributed by atoms with Crippen molar-refractivity contribution in [2.45, 2.75) is 6.42 Å². The second kappa shape index (κ2) is 7.56. The number of amides is 2. The normalized spacial score (nSPS) is 15.0. The highest BCUT2D eigenvalue weighted by Crippen LogP contribution is 2.21. The topological polar surface area (TPSA) is 52.7 Å². The van der Waals surface area contributed by atoms with Gasteiger partial charge in [0, 0.05) is 39.1 Å². The van der Waals surface area contributed by atoms with E-state index in [0.717, 1.165) is 0 Å². The van der Waals surface area contributed by atoms with Crippen LogP contribution < -0.4 is 5.32 Å². The molecule has 0 aromatic heterocycles. The summed E-state index contributed by atoms with van der Waals surface area (Å²) < 4.78 is 13.8. The van der Waals surface area contributed by atoms with Gasteiger partial charge in [0.1, 0.15) is 5.82 Å². The summed E-state index contributed by atoms with van der Waals surface area (Å²) in [6.45, 7) is 2.31. The van der Waals surface area contributed by atoms with Gasteiger partial charge in [0.05, 0.1) is 10.6 Å². The highest BCUT2D eigenvalue weighted by atomic mass is 35.5. The van der Waals surface area contributed by atoms with Crippen molar-refractivity contribution in [2.75, 3.05) is 39.8 Å². The number of halogens is 2. The van der Waals surface area contributed by atoms with E-state index in [1.807, 2.05) is 0 Å². The third kappa shape index (κ3) is 3.75. The molecule has 1 aromatic rings. The van der Waals surface area contributed by atoms with Crippen molar-refractivity contribution >= 4 is 23.4 Å². The smallest absolute Gasteiger partial charge is 0.258 e. The first-order valence-corrected chi connectivity index (χ1v) is 7.58. The first-order chi connectivity index (χ1) is 10.5. The van der Waals surface area contributed by atoms with Gasteiger partial charge in [0.2, 0.25) is 5.91 Å². The van der Waals surface area contributed by atoms with E-state index >= 15 is 0 Å². The van der Waals surface area contributed by atoms with Crippen LogP contribution in [-0.4, -0.2) is 61.4 Å². The van der Waals surface area contributed by atoms with Crippen LogP contribution in [0.15, 0.2) is 18.2 Å². The Morgan fingerprint density at radius 1 is 1.23 bits per heavy atom.